The first-order chi connectivity index (χ1) is 16.0. The number of anilines is 1. The van der Waals surface area contributed by atoms with Crippen LogP contribution in [0.3, 0.4) is 0 Å². The smallest absolute Gasteiger partial charge is 0.337 e. The van der Waals surface area contributed by atoms with E-state index >= 15 is 0 Å². The van der Waals surface area contributed by atoms with Gasteiger partial charge in [0.1, 0.15) is 5.75 Å². The van der Waals surface area contributed by atoms with Gasteiger partial charge in [0, 0.05) is 25.3 Å². The average Bonchev–Trinajstić information content (AvgIpc) is 2.86. The van der Waals surface area contributed by atoms with Crippen molar-refractivity contribution in [2.75, 3.05) is 38.7 Å². The molecule has 1 saturated heterocycles. The van der Waals surface area contributed by atoms with Crippen molar-refractivity contribution in [1.82, 2.24) is 10.2 Å². The number of nitrogens with one attached hydrogen (secondary N) is 2. The van der Waals surface area contributed by atoms with Crippen molar-refractivity contribution in [2.45, 2.75) is 12.8 Å². The predicted octanol–water partition coefficient (Wildman–Crippen LogP) is 1.85. The molecule has 0 aliphatic carbocycles. The standard InChI is InChI=1S/C24H27N3O6/c1-32-24(31)18-7-9-19(10-8-18)26-23(30)22(29)25-15-17-11-13-27(14-12-17)21(28)16-33-20-5-3-2-4-6-20/h2-10,17H,11-16H2,1H3,(H,25,29)(H,26,30). The SMILES string of the molecule is COC(=O)c1ccc(NC(=O)C(=O)NCC2CCN(C(=O)COc3ccccc3)CC2)cc1. The van der Waals surface area contributed by atoms with Crippen molar-refractivity contribution in [3.63, 3.8) is 0 Å². The summed E-state index contributed by atoms with van der Waals surface area (Å²) in [7, 11) is 1.28. The Morgan fingerprint density at radius 2 is 1.61 bits per heavy atom. The minimum Gasteiger partial charge on any atom is -0.484 e. The number of benzene rings is 2. The third kappa shape index (κ3) is 7.06. The molecule has 3 rings (SSSR count). The minimum absolute atomic E-state index is 0.00774. The fraction of sp³-hybridized carbons (Fsp3) is 0.333. The number of piperidine rings is 1. The van der Waals surface area contributed by atoms with Crippen molar-refractivity contribution < 1.29 is 28.7 Å². The fourth-order valence-electron chi connectivity index (χ4n) is 3.45. The molecule has 1 aliphatic heterocycles. The second-order valence-corrected chi connectivity index (χ2v) is 7.66. The van der Waals surface area contributed by atoms with Crippen LogP contribution < -0.4 is 15.4 Å². The maximum absolute atomic E-state index is 12.3. The number of nitrogens with zero attached hydrogens (tertiary/aromatic N) is 1. The lowest BCUT2D eigenvalue weighted by atomic mass is 9.96. The van der Waals surface area contributed by atoms with E-state index in [2.05, 4.69) is 15.4 Å². The van der Waals surface area contributed by atoms with E-state index in [1.54, 1.807) is 17.0 Å². The Bertz CT molecular complexity index is 969. The van der Waals surface area contributed by atoms with Gasteiger partial charge in [0.2, 0.25) is 0 Å². The zero-order valence-electron chi connectivity index (χ0n) is 18.4. The van der Waals surface area contributed by atoms with E-state index in [1.807, 2.05) is 18.2 Å². The van der Waals surface area contributed by atoms with Gasteiger partial charge < -0.3 is 25.0 Å². The predicted molar refractivity (Wildman–Crippen MR) is 121 cm³/mol. The Kier molecular flexibility index (Phi) is 8.40. The molecule has 2 N–H and O–H groups in total. The van der Waals surface area contributed by atoms with Crippen LogP contribution in [0.5, 0.6) is 5.75 Å². The molecular formula is C24H27N3O6. The number of amides is 3. The monoisotopic (exact) mass is 453 g/mol. The molecule has 0 bridgehead atoms. The normalized spacial score (nSPS) is 13.7. The summed E-state index contributed by atoms with van der Waals surface area (Å²) in [6.07, 6.45) is 1.46. The van der Waals surface area contributed by atoms with E-state index < -0.39 is 17.8 Å². The van der Waals surface area contributed by atoms with E-state index in [0.29, 0.717) is 36.6 Å². The molecular weight excluding hydrogens is 426 g/mol. The summed E-state index contributed by atoms with van der Waals surface area (Å²) in [6, 6.07) is 15.2. The molecule has 2 aromatic rings. The van der Waals surface area contributed by atoms with Gasteiger partial charge in [-0.05, 0) is 55.2 Å². The lowest BCUT2D eigenvalue weighted by Crippen LogP contribution is -2.44. The van der Waals surface area contributed by atoms with Gasteiger partial charge in [-0.1, -0.05) is 18.2 Å². The summed E-state index contributed by atoms with van der Waals surface area (Å²) < 4.78 is 10.1. The lowest BCUT2D eigenvalue weighted by molar-refractivity contribution is -0.136. The molecule has 0 unspecified atom stereocenters. The summed E-state index contributed by atoms with van der Waals surface area (Å²) in [5.74, 6) is -1.24. The van der Waals surface area contributed by atoms with Crippen LogP contribution in [0.25, 0.3) is 0 Å². The molecule has 0 radical (unpaired) electrons. The first-order valence-corrected chi connectivity index (χ1v) is 10.7. The highest BCUT2D eigenvalue weighted by molar-refractivity contribution is 6.39. The van der Waals surface area contributed by atoms with E-state index in [9.17, 15) is 19.2 Å². The van der Waals surface area contributed by atoms with E-state index in [1.165, 1.54) is 31.4 Å². The fourth-order valence-corrected chi connectivity index (χ4v) is 3.45. The van der Waals surface area contributed by atoms with Crippen molar-refractivity contribution in [2.24, 2.45) is 5.92 Å². The molecule has 0 atom stereocenters. The van der Waals surface area contributed by atoms with Crippen molar-refractivity contribution >= 4 is 29.4 Å². The highest BCUT2D eigenvalue weighted by atomic mass is 16.5. The summed E-state index contributed by atoms with van der Waals surface area (Å²) in [5.41, 5.74) is 0.740. The molecule has 3 amide bonds. The number of ether oxygens (including phenoxy) is 2. The Morgan fingerprint density at radius 3 is 2.24 bits per heavy atom. The number of hydrogen-bond acceptors (Lipinski definition) is 6. The van der Waals surface area contributed by atoms with Gasteiger partial charge in [0.25, 0.3) is 5.91 Å². The zero-order valence-corrected chi connectivity index (χ0v) is 18.4. The number of carbonyl (C=O) groups is 4. The number of methoxy groups -OCH3 is 1. The molecule has 1 heterocycles. The molecule has 9 heteroatoms. The Labute approximate surface area is 192 Å². The number of likely N-dealkylation sites (tertiary alicyclic amines) is 1. The van der Waals surface area contributed by atoms with Crippen molar-refractivity contribution in [3.8, 4) is 5.75 Å². The maximum atomic E-state index is 12.3. The van der Waals surface area contributed by atoms with Gasteiger partial charge in [-0.25, -0.2) is 4.79 Å². The summed E-state index contributed by atoms with van der Waals surface area (Å²) in [5, 5.41) is 5.14. The van der Waals surface area contributed by atoms with Crippen LogP contribution >= 0.6 is 0 Å². The molecule has 9 nitrogen and oxygen atoms in total. The molecule has 1 fully saturated rings. The number of esters is 1. The Balaban J connectivity index is 1.35. The van der Waals surface area contributed by atoms with E-state index in [0.717, 1.165) is 12.8 Å². The minimum atomic E-state index is -0.786. The zero-order chi connectivity index (χ0) is 23.6. The summed E-state index contributed by atoms with van der Waals surface area (Å²) >= 11 is 0. The van der Waals surface area contributed by atoms with Crippen LogP contribution in [0, 0.1) is 5.92 Å². The summed E-state index contributed by atoms with van der Waals surface area (Å²) in [6.45, 7) is 1.51. The molecule has 1 aliphatic rings. The average molecular weight is 453 g/mol. The molecule has 0 saturated carbocycles. The number of hydrogen-bond donors (Lipinski definition) is 2. The highest BCUT2D eigenvalue weighted by Gasteiger charge is 2.24. The topological polar surface area (TPSA) is 114 Å². The molecule has 33 heavy (non-hydrogen) atoms. The Hall–Kier alpha value is -3.88. The number of rotatable bonds is 7. The van der Waals surface area contributed by atoms with Gasteiger partial charge in [0.15, 0.2) is 6.61 Å². The van der Waals surface area contributed by atoms with Crippen LogP contribution in [-0.4, -0.2) is 61.9 Å². The second kappa shape index (κ2) is 11.7. The first kappa shape index (κ1) is 23.8. The van der Waals surface area contributed by atoms with Crippen LogP contribution in [0.2, 0.25) is 0 Å². The van der Waals surface area contributed by atoms with E-state index in [-0.39, 0.29) is 18.4 Å². The number of carbonyl (C=O) groups excluding carboxylic acids is 4. The third-order valence-electron chi connectivity index (χ3n) is 5.39. The summed E-state index contributed by atoms with van der Waals surface area (Å²) in [4.78, 5) is 49.8. The quantitative estimate of drug-likeness (QED) is 0.489. The maximum Gasteiger partial charge on any atom is 0.337 e. The molecule has 0 spiro atoms. The second-order valence-electron chi connectivity index (χ2n) is 7.66. The molecule has 0 aromatic heterocycles. The van der Waals surface area contributed by atoms with Gasteiger partial charge in [-0.15, -0.1) is 0 Å². The van der Waals surface area contributed by atoms with Gasteiger partial charge >= 0.3 is 17.8 Å². The molecule has 2 aromatic carbocycles. The van der Waals surface area contributed by atoms with Crippen molar-refractivity contribution in [1.29, 1.82) is 0 Å². The first-order valence-electron chi connectivity index (χ1n) is 10.7. The Morgan fingerprint density at radius 1 is 0.939 bits per heavy atom. The van der Waals surface area contributed by atoms with Crippen LogP contribution in [-0.2, 0) is 19.1 Å². The van der Waals surface area contributed by atoms with Crippen molar-refractivity contribution in [3.05, 3.63) is 60.2 Å². The van der Waals surface area contributed by atoms with Gasteiger partial charge in [-0.3, -0.25) is 14.4 Å². The van der Waals surface area contributed by atoms with E-state index in [4.69, 9.17) is 4.74 Å². The van der Waals surface area contributed by atoms with Crippen LogP contribution in [0.15, 0.2) is 54.6 Å². The third-order valence-corrected chi connectivity index (χ3v) is 5.39. The van der Waals surface area contributed by atoms with Gasteiger partial charge in [-0.2, -0.15) is 0 Å². The van der Waals surface area contributed by atoms with Gasteiger partial charge in [0.05, 0.1) is 12.7 Å². The largest absolute Gasteiger partial charge is 0.484 e. The lowest BCUT2D eigenvalue weighted by Gasteiger charge is -2.32. The number of para-hydroxylation sites is 1. The van der Waals surface area contributed by atoms with Crippen LogP contribution in [0.4, 0.5) is 5.69 Å². The highest BCUT2D eigenvalue weighted by Crippen LogP contribution is 2.17. The van der Waals surface area contributed by atoms with Crippen LogP contribution in [0.1, 0.15) is 23.2 Å². The molecule has 174 valence electrons.